The molecule has 3 heteroatoms. The Morgan fingerprint density at radius 1 is 0.800 bits per heavy atom. The van der Waals surface area contributed by atoms with Gasteiger partial charge in [0.1, 0.15) is 11.5 Å². The number of hydrogen-bond acceptors (Lipinski definition) is 1. The zero-order chi connectivity index (χ0) is 17.7. The van der Waals surface area contributed by atoms with Gasteiger partial charge in [-0.1, -0.05) is 55.2 Å². The van der Waals surface area contributed by atoms with Crippen LogP contribution in [0.3, 0.4) is 0 Å². The van der Waals surface area contributed by atoms with Gasteiger partial charge in [-0.05, 0) is 47.5 Å². The first-order chi connectivity index (χ1) is 11.7. The number of hydrogen-bond donors (Lipinski definition) is 0. The van der Waals surface area contributed by atoms with Crippen molar-refractivity contribution in [3.63, 3.8) is 0 Å². The standard InChI is InChI=1S/C22H18BrClO/c1-21(2)15-9-11(23)5-7-13(15)19-17(21)18-20(25-19)14-8-6-12(24)10-16(14)22(18,3)4/h5-10H,1-4H3. The summed E-state index contributed by atoms with van der Waals surface area (Å²) in [5.74, 6) is 2.05. The van der Waals surface area contributed by atoms with Gasteiger partial charge in [-0.3, -0.25) is 0 Å². The molecule has 1 nitrogen and oxygen atoms in total. The Morgan fingerprint density at radius 3 is 1.92 bits per heavy atom. The molecular weight excluding hydrogens is 396 g/mol. The van der Waals surface area contributed by atoms with Gasteiger partial charge in [0.2, 0.25) is 0 Å². The molecule has 5 rings (SSSR count). The number of furan rings is 1. The lowest BCUT2D eigenvalue weighted by Gasteiger charge is -2.27. The Balaban J connectivity index is 1.87. The minimum atomic E-state index is -0.122. The molecule has 0 unspecified atom stereocenters. The summed E-state index contributed by atoms with van der Waals surface area (Å²) in [5, 5.41) is 0.778. The predicted molar refractivity (Wildman–Crippen MR) is 107 cm³/mol. The van der Waals surface area contributed by atoms with Gasteiger partial charge in [-0.2, -0.15) is 0 Å². The van der Waals surface area contributed by atoms with Gasteiger partial charge < -0.3 is 4.42 Å². The van der Waals surface area contributed by atoms with Crippen molar-refractivity contribution in [1.82, 2.24) is 0 Å². The van der Waals surface area contributed by atoms with Crippen molar-refractivity contribution in [2.45, 2.75) is 38.5 Å². The highest BCUT2D eigenvalue weighted by Crippen LogP contribution is 2.61. The van der Waals surface area contributed by atoms with E-state index in [1.54, 1.807) is 0 Å². The zero-order valence-electron chi connectivity index (χ0n) is 14.6. The molecule has 126 valence electrons. The van der Waals surface area contributed by atoms with Crippen molar-refractivity contribution in [2.75, 3.05) is 0 Å². The summed E-state index contributed by atoms with van der Waals surface area (Å²) in [4.78, 5) is 0. The normalized spacial score (nSPS) is 17.8. The lowest BCUT2D eigenvalue weighted by Crippen LogP contribution is -2.23. The number of halogens is 2. The molecule has 3 aromatic rings. The Kier molecular flexibility index (Phi) is 2.90. The molecule has 0 spiro atoms. The van der Waals surface area contributed by atoms with E-state index in [0.717, 1.165) is 21.0 Å². The maximum absolute atomic E-state index is 6.51. The summed E-state index contributed by atoms with van der Waals surface area (Å²) in [6, 6.07) is 12.6. The average Bonchev–Trinajstić information content (AvgIpc) is 3.10. The number of rotatable bonds is 0. The van der Waals surface area contributed by atoms with Crippen LogP contribution in [0.5, 0.6) is 0 Å². The minimum absolute atomic E-state index is 0.0887. The number of fused-ring (bicyclic) bond motifs is 7. The maximum Gasteiger partial charge on any atom is 0.139 e. The Labute approximate surface area is 161 Å². The van der Waals surface area contributed by atoms with Gasteiger partial charge in [-0.15, -0.1) is 0 Å². The summed E-state index contributed by atoms with van der Waals surface area (Å²) < 4.78 is 7.62. The van der Waals surface area contributed by atoms with Gasteiger partial charge in [0.05, 0.1) is 0 Å². The summed E-state index contributed by atoms with van der Waals surface area (Å²) in [6.07, 6.45) is 0. The molecule has 0 bridgehead atoms. The van der Waals surface area contributed by atoms with Crippen molar-refractivity contribution in [2.24, 2.45) is 0 Å². The lowest BCUT2D eigenvalue weighted by atomic mass is 9.74. The van der Waals surface area contributed by atoms with E-state index in [9.17, 15) is 0 Å². The third kappa shape index (κ3) is 1.80. The summed E-state index contributed by atoms with van der Waals surface area (Å²) in [5.41, 5.74) is 7.40. The van der Waals surface area contributed by atoms with Crippen molar-refractivity contribution >= 4 is 27.5 Å². The fourth-order valence-corrected chi connectivity index (χ4v) is 5.27. The number of benzene rings is 2. The molecule has 0 aliphatic heterocycles. The maximum atomic E-state index is 6.51. The molecular formula is C22H18BrClO. The second kappa shape index (κ2) is 4.61. The Morgan fingerprint density at radius 2 is 1.32 bits per heavy atom. The van der Waals surface area contributed by atoms with E-state index in [4.69, 9.17) is 16.0 Å². The first-order valence-corrected chi connectivity index (χ1v) is 9.68. The van der Waals surface area contributed by atoms with Crippen LogP contribution in [0.4, 0.5) is 0 Å². The van der Waals surface area contributed by atoms with Gasteiger partial charge in [0.25, 0.3) is 0 Å². The van der Waals surface area contributed by atoms with E-state index in [1.165, 1.54) is 33.4 Å². The summed E-state index contributed by atoms with van der Waals surface area (Å²) in [6.45, 7) is 9.15. The molecule has 1 aromatic heterocycles. The highest BCUT2D eigenvalue weighted by molar-refractivity contribution is 9.10. The van der Waals surface area contributed by atoms with Gasteiger partial charge in [-0.25, -0.2) is 0 Å². The molecule has 0 fully saturated rings. The summed E-state index contributed by atoms with van der Waals surface area (Å²) in [7, 11) is 0. The van der Waals surface area contributed by atoms with Crippen LogP contribution in [0.2, 0.25) is 5.02 Å². The topological polar surface area (TPSA) is 13.1 Å². The van der Waals surface area contributed by atoms with Crippen molar-refractivity contribution in [3.05, 3.63) is 68.1 Å². The quantitative estimate of drug-likeness (QED) is 0.376. The third-order valence-electron chi connectivity index (χ3n) is 5.96. The predicted octanol–water partition coefficient (Wildman–Crippen LogP) is 7.31. The van der Waals surface area contributed by atoms with Crippen molar-refractivity contribution in [1.29, 1.82) is 0 Å². The second-order valence-corrected chi connectivity index (χ2v) is 9.49. The fraction of sp³-hybridized carbons (Fsp3) is 0.273. The van der Waals surface area contributed by atoms with E-state index < -0.39 is 0 Å². The average molecular weight is 414 g/mol. The molecule has 1 heterocycles. The molecule has 0 N–H and O–H groups in total. The molecule has 0 atom stereocenters. The first kappa shape index (κ1) is 15.7. The monoisotopic (exact) mass is 412 g/mol. The minimum Gasteiger partial charge on any atom is -0.455 e. The second-order valence-electron chi connectivity index (χ2n) is 8.14. The Bertz CT molecular complexity index is 988. The Hall–Kier alpha value is -1.51. The van der Waals surface area contributed by atoms with Gasteiger partial charge >= 0.3 is 0 Å². The highest BCUT2D eigenvalue weighted by atomic mass is 79.9. The van der Waals surface area contributed by atoms with Crippen LogP contribution in [0.25, 0.3) is 22.6 Å². The molecule has 0 saturated heterocycles. The SMILES string of the molecule is CC1(C)c2cc(Cl)ccc2-c2oc3c(c21)C(C)(C)c1cc(Br)ccc1-3. The van der Waals surface area contributed by atoms with Crippen LogP contribution in [-0.2, 0) is 10.8 Å². The van der Waals surface area contributed by atoms with Crippen LogP contribution in [-0.4, -0.2) is 0 Å². The molecule has 0 radical (unpaired) electrons. The molecule has 25 heavy (non-hydrogen) atoms. The van der Waals surface area contributed by atoms with E-state index in [2.05, 4.69) is 74.0 Å². The van der Waals surface area contributed by atoms with E-state index in [1.807, 2.05) is 6.07 Å². The zero-order valence-corrected chi connectivity index (χ0v) is 17.0. The summed E-state index contributed by atoms with van der Waals surface area (Å²) >= 11 is 9.91. The molecule has 0 saturated carbocycles. The highest BCUT2D eigenvalue weighted by Gasteiger charge is 2.49. The van der Waals surface area contributed by atoms with E-state index >= 15 is 0 Å². The fourth-order valence-electron chi connectivity index (χ4n) is 4.74. The van der Waals surface area contributed by atoms with Gasteiger partial charge in [0, 0.05) is 42.6 Å². The van der Waals surface area contributed by atoms with Crippen LogP contribution in [0.15, 0.2) is 45.3 Å². The smallest absolute Gasteiger partial charge is 0.139 e. The molecule has 2 aliphatic rings. The van der Waals surface area contributed by atoms with Crippen molar-refractivity contribution < 1.29 is 4.42 Å². The van der Waals surface area contributed by atoms with E-state index in [-0.39, 0.29) is 10.8 Å². The van der Waals surface area contributed by atoms with Crippen molar-refractivity contribution in [3.8, 4) is 22.6 Å². The third-order valence-corrected chi connectivity index (χ3v) is 6.69. The van der Waals surface area contributed by atoms with Crippen LogP contribution in [0.1, 0.15) is 49.9 Å². The van der Waals surface area contributed by atoms with Crippen LogP contribution in [0, 0.1) is 0 Å². The largest absolute Gasteiger partial charge is 0.455 e. The van der Waals surface area contributed by atoms with E-state index in [0.29, 0.717) is 0 Å². The molecule has 2 aliphatic carbocycles. The van der Waals surface area contributed by atoms with Crippen LogP contribution >= 0.6 is 27.5 Å². The lowest BCUT2D eigenvalue weighted by molar-refractivity contribution is 0.592. The van der Waals surface area contributed by atoms with Gasteiger partial charge in [0.15, 0.2) is 0 Å². The van der Waals surface area contributed by atoms with Crippen LogP contribution < -0.4 is 0 Å². The first-order valence-electron chi connectivity index (χ1n) is 8.51. The molecule has 0 amide bonds. The molecule has 2 aromatic carbocycles.